The van der Waals surface area contributed by atoms with Gasteiger partial charge in [0.25, 0.3) is 5.91 Å². The summed E-state index contributed by atoms with van der Waals surface area (Å²) in [6.45, 7) is 6.38. The molecule has 31 heavy (non-hydrogen) atoms. The average molecular weight is 420 g/mol. The third-order valence-corrected chi connectivity index (χ3v) is 4.86. The van der Waals surface area contributed by atoms with Gasteiger partial charge in [0.05, 0.1) is 17.9 Å². The Labute approximate surface area is 183 Å². The topological polar surface area (TPSA) is 91.2 Å². The van der Waals surface area contributed by atoms with Crippen molar-refractivity contribution in [1.29, 1.82) is 5.26 Å². The van der Waals surface area contributed by atoms with E-state index >= 15 is 0 Å². The van der Waals surface area contributed by atoms with Crippen LogP contribution in [0.25, 0.3) is 0 Å². The number of nitrogens with one attached hydrogen (secondary N) is 2. The van der Waals surface area contributed by atoms with E-state index in [0.29, 0.717) is 12.3 Å². The zero-order chi connectivity index (χ0) is 22.6. The number of ether oxygens (including phenoxy) is 1. The van der Waals surface area contributed by atoms with Crippen LogP contribution in [-0.2, 0) is 16.0 Å². The molecule has 0 saturated heterocycles. The molecular formula is C25H29N3O3. The highest BCUT2D eigenvalue weighted by Gasteiger charge is 2.17. The Morgan fingerprint density at radius 1 is 1.13 bits per heavy atom. The standard InChI is InChI=1S/C25H29N3O3/c1-4-6-15-31-25(30)22-9-7-8-10-23(22)28-24(29)21(16-26)17-27-18(3)20-13-11-19(5-2)12-14-20/h7-14,17-18,27H,4-6,15H2,1-3H3,(H,28,29)/b21-17-. The molecule has 0 spiro atoms. The molecule has 0 aliphatic carbocycles. The quantitative estimate of drug-likeness (QED) is 0.247. The summed E-state index contributed by atoms with van der Waals surface area (Å²) >= 11 is 0. The maximum absolute atomic E-state index is 12.6. The van der Waals surface area contributed by atoms with Gasteiger partial charge in [-0.25, -0.2) is 4.79 Å². The molecule has 0 aliphatic heterocycles. The van der Waals surface area contributed by atoms with Gasteiger partial charge in [-0.15, -0.1) is 0 Å². The first-order chi connectivity index (χ1) is 15.0. The average Bonchev–Trinajstić information content (AvgIpc) is 2.79. The summed E-state index contributed by atoms with van der Waals surface area (Å²) in [4.78, 5) is 24.9. The van der Waals surface area contributed by atoms with Crippen LogP contribution in [0.1, 0.15) is 61.1 Å². The van der Waals surface area contributed by atoms with Crippen LogP contribution < -0.4 is 10.6 Å². The van der Waals surface area contributed by atoms with Gasteiger partial charge in [-0.2, -0.15) is 5.26 Å². The number of hydrogen-bond acceptors (Lipinski definition) is 5. The zero-order valence-corrected chi connectivity index (χ0v) is 18.3. The van der Waals surface area contributed by atoms with Crippen LogP contribution in [0.5, 0.6) is 0 Å². The molecule has 2 aromatic rings. The summed E-state index contributed by atoms with van der Waals surface area (Å²) in [6.07, 6.45) is 4.05. The van der Waals surface area contributed by atoms with E-state index < -0.39 is 11.9 Å². The summed E-state index contributed by atoms with van der Waals surface area (Å²) in [6, 6.07) is 16.6. The van der Waals surface area contributed by atoms with Crippen LogP contribution in [0, 0.1) is 11.3 Å². The third kappa shape index (κ3) is 7.00. The fraction of sp³-hybridized carbons (Fsp3) is 0.320. The molecule has 1 atom stereocenters. The van der Waals surface area contributed by atoms with Crippen molar-refractivity contribution in [1.82, 2.24) is 5.32 Å². The molecule has 6 heteroatoms. The highest BCUT2D eigenvalue weighted by atomic mass is 16.5. The number of amides is 1. The molecule has 1 unspecified atom stereocenters. The molecule has 0 aromatic heterocycles. The summed E-state index contributed by atoms with van der Waals surface area (Å²) in [5.74, 6) is -1.11. The number of benzene rings is 2. The van der Waals surface area contributed by atoms with Gasteiger partial charge in [-0.3, -0.25) is 4.79 Å². The largest absolute Gasteiger partial charge is 0.462 e. The van der Waals surface area contributed by atoms with Crippen molar-refractivity contribution in [3.8, 4) is 6.07 Å². The van der Waals surface area contributed by atoms with Gasteiger partial charge in [-0.05, 0) is 43.0 Å². The van der Waals surface area contributed by atoms with Crippen LogP contribution in [0.15, 0.2) is 60.3 Å². The number of para-hydroxylation sites is 1. The highest BCUT2D eigenvalue weighted by Crippen LogP contribution is 2.18. The molecule has 0 aliphatic rings. The van der Waals surface area contributed by atoms with Crippen molar-refractivity contribution in [3.63, 3.8) is 0 Å². The predicted molar refractivity (Wildman–Crippen MR) is 121 cm³/mol. The van der Waals surface area contributed by atoms with Gasteiger partial charge < -0.3 is 15.4 Å². The molecule has 2 N–H and O–H groups in total. The lowest BCUT2D eigenvalue weighted by Crippen LogP contribution is -2.20. The Morgan fingerprint density at radius 2 is 1.84 bits per heavy atom. The number of nitrogens with zero attached hydrogens (tertiary/aromatic N) is 1. The summed E-state index contributed by atoms with van der Waals surface area (Å²) in [7, 11) is 0. The third-order valence-electron chi connectivity index (χ3n) is 4.86. The second-order valence-electron chi connectivity index (χ2n) is 7.14. The first kappa shape index (κ1) is 23.7. The molecule has 0 fully saturated rings. The van der Waals surface area contributed by atoms with Crippen LogP contribution in [0.4, 0.5) is 5.69 Å². The fourth-order valence-corrected chi connectivity index (χ4v) is 2.84. The van der Waals surface area contributed by atoms with Gasteiger partial charge in [0.15, 0.2) is 0 Å². The Hall–Kier alpha value is -3.59. The number of esters is 1. The minimum absolute atomic E-state index is 0.0807. The lowest BCUT2D eigenvalue weighted by Gasteiger charge is -2.14. The second kappa shape index (κ2) is 12.2. The molecule has 2 rings (SSSR count). The Kier molecular flexibility index (Phi) is 9.31. The molecule has 1 amide bonds. The number of nitriles is 1. The number of hydrogen-bond donors (Lipinski definition) is 2. The van der Waals surface area contributed by atoms with E-state index in [1.165, 1.54) is 11.8 Å². The smallest absolute Gasteiger partial charge is 0.340 e. The number of unbranched alkanes of at least 4 members (excludes halogenated alkanes) is 1. The minimum atomic E-state index is -0.600. The SMILES string of the molecule is CCCCOC(=O)c1ccccc1NC(=O)/C(C#N)=C\NC(C)c1ccc(CC)cc1. The number of carbonyl (C=O) groups excluding carboxylic acids is 2. The molecular weight excluding hydrogens is 390 g/mol. The number of carbonyl (C=O) groups is 2. The predicted octanol–water partition coefficient (Wildman–Crippen LogP) is 4.90. The van der Waals surface area contributed by atoms with E-state index in [2.05, 4.69) is 29.7 Å². The van der Waals surface area contributed by atoms with Gasteiger partial charge in [0, 0.05) is 12.2 Å². The van der Waals surface area contributed by atoms with Gasteiger partial charge in [0.2, 0.25) is 0 Å². The zero-order valence-electron chi connectivity index (χ0n) is 18.3. The van der Waals surface area contributed by atoms with Crippen molar-refractivity contribution in [2.45, 2.75) is 46.1 Å². The molecule has 0 radical (unpaired) electrons. The van der Waals surface area contributed by atoms with Crippen molar-refractivity contribution < 1.29 is 14.3 Å². The van der Waals surface area contributed by atoms with E-state index in [0.717, 1.165) is 24.8 Å². The van der Waals surface area contributed by atoms with Crippen molar-refractivity contribution >= 4 is 17.6 Å². The van der Waals surface area contributed by atoms with Crippen LogP contribution in [0.3, 0.4) is 0 Å². The molecule has 2 aromatic carbocycles. The number of aryl methyl sites for hydroxylation is 1. The Morgan fingerprint density at radius 3 is 2.48 bits per heavy atom. The minimum Gasteiger partial charge on any atom is -0.462 e. The van der Waals surface area contributed by atoms with Gasteiger partial charge in [-0.1, -0.05) is 56.7 Å². The Bertz CT molecular complexity index is 959. The van der Waals surface area contributed by atoms with Crippen molar-refractivity contribution in [2.75, 3.05) is 11.9 Å². The Balaban J connectivity index is 2.07. The van der Waals surface area contributed by atoms with E-state index in [4.69, 9.17) is 4.74 Å². The number of rotatable bonds is 10. The van der Waals surface area contributed by atoms with Crippen LogP contribution in [0.2, 0.25) is 0 Å². The van der Waals surface area contributed by atoms with E-state index in [1.807, 2.05) is 32.0 Å². The molecule has 0 bridgehead atoms. The summed E-state index contributed by atoms with van der Waals surface area (Å²) in [5, 5.41) is 15.2. The van der Waals surface area contributed by atoms with Crippen LogP contribution >= 0.6 is 0 Å². The van der Waals surface area contributed by atoms with Crippen molar-refractivity contribution in [3.05, 3.63) is 77.0 Å². The maximum atomic E-state index is 12.6. The monoisotopic (exact) mass is 419 g/mol. The summed E-state index contributed by atoms with van der Waals surface area (Å²) in [5.41, 5.74) is 2.76. The molecule has 0 heterocycles. The molecule has 0 saturated carbocycles. The van der Waals surface area contributed by atoms with E-state index in [1.54, 1.807) is 24.3 Å². The van der Waals surface area contributed by atoms with E-state index in [-0.39, 0.29) is 17.2 Å². The van der Waals surface area contributed by atoms with Gasteiger partial charge in [0.1, 0.15) is 11.6 Å². The van der Waals surface area contributed by atoms with Crippen molar-refractivity contribution in [2.24, 2.45) is 0 Å². The first-order valence-electron chi connectivity index (χ1n) is 10.5. The second-order valence-corrected chi connectivity index (χ2v) is 7.14. The fourth-order valence-electron chi connectivity index (χ4n) is 2.84. The lowest BCUT2D eigenvalue weighted by atomic mass is 10.1. The molecule has 162 valence electrons. The van der Waals surface area contributed by atoms with E-state index in [9.17, 15) is 14.9 Å². The summed E-state index contributed by atoms with van der Waals surface area (Å²) < 4.78 is 5.24. The number of anilines is 1. The highest BCUT2D eigenvalue weighted by molar-refractivity contribution is 6.09. The molecule has 6 nitrogen and oxygen atoms in total. The maximum Gasteiger partial charge on any atom is 0.340 e. The normalized spacial score (nSPS) is 11.9. The van der Waals surface area contributed by atoms with Crippen LogP contribution in [-0.4, -0.2) is 18.5 Å². The van der Waals surface area contributed by atoms with Gasteiger partial charge >= 0.3 is 5.97 Å². The first-order valence-corrected chi connectivity index (χ1v) is 10.5. The lowest BCUT2D eigenvalue weighted by molar-refractivity contribution is -0.112.